The number of nitrogens with two attached hydrogens (primary N) is 1. The lowest BCUT2D eigenvalue weighted by atomic mass is 10.0. The van der Waals surface area contributed by atoms with E-state index >= 15 is 0 Å². The number of halogens is 1. The van der Waals surface area contributed by atoms with Crippen molar-refractivity contribution in [2.24, 2.45) is 5.73 Å². The first-order valence-corrected chi connectivity index (χ1v) is 7.43. The summed E-state index contributed by atoms with van der Waals surface area (Å²) in [4.78, 5) is 0. The van der Waals surface area contributed by atoms with Gasteiger partial charge in [-0.05, 0) is 48.6 Å². The molecular formula is C18H22FNO. The third-order valence-electron chi connectivity index (χ3n) is 3.58. The van der Waals surface area contributed by atoms with Crippen molar-refractivity contribution in [2.75, 3.05) is 0 Å². The maximum atomic E-state index is 14.1. The highest BCUT2D eigenvalue weighted by Gasteiger charge is 2.13. The third kappa shape index (κ3) is 4.05. The molecule has 0 saturated carbocycles. The molecule has 2 nitrogen and oxygen atoms in total. The van der Waals surface area contributed by atoms with Gasteiger partial charge in [-0.3, -0.25) is 0 Å². The van der Waals surface area contributed by atoms with Gasteiger partial charge in [-0.2, -0.15) is 0 Å². The lowest BCUT2D eigenvalue weighted by Gasteiger charge is -2.15. The summed E-state index contributed by atoms with van der Waals surface area (Å²) in [5.41, 5.74) is 7.96. The normalized spacial score (nSPS) is 12.2. The van der Waals surface area contributed by atoms with E-state index in [0.29, 0.717) is 12.2 Å². The minimum atomic E-state index is -0.349. The number of benzene rings is 2. The Bertz CT molecular complexity index is 598. The van der Waals surface area contributed by atoms with E-state index in [0.717, 1.165) is 24.0 Å². The van der Waals surface area contributed by atoms with Crippen LogP contribution in [0.1, 0.15) is 31.4 Å². The Balaban J connectivity index is 2.29. The van der Waals surface area contributed by atoms with Crippen molar-refractivity contribution >= 4 is 0 Å². The minimum Gasteiger partial charge on any atom is -0.454 e. The van der Waals surface area contributed by atoms with Crippen LogP contribution in [-0.2, 0) is 12.8 Å². The molecule has 2 aromatic rings. The summed E-state index contributed by atoms with van der Waals surface area (Å²) >= 11 is 0. The predicted octanol–water partition coefficient (Wildman–Crippen LogP) is 4.46. The fourth-order valence-electron chi connectivity index (χ4n) is 2.20. The van der Waals surface area contributed by atoms with Gasteiger partial charge in [-0.15, -0.1) is 0 Å². The van der Waals surface area contributed by atoms with Crippen LogP contribution in [0.5, 0.6) is 11.5 Å². The second kappa shape index (κ2) is 7.23. The van der Waals surface area contributed by atoms with E-state index in [1.165, 1.54) is 6.07 Å². The zero-order valence-corrected chi connectivity index (χ0v) is 12.6. The van der Waals surface area contributed by atoms with E-state index in [4.69, 9.17) is 10.5 Å². The molecule has 0 aliphatic rings. The Kier molecular flexibility index (Phi) is 5.34. The second-order valence-electron chi connectivity index (χ2n) is 5.20. The third-order valence-corrected chi connectivity index (χ3v) is 3.58. The smallest absolute Gasteiger partial charge is 0.166 e. The molecule has 0 aromatic heterocycles. The van der Waals surface area contributed by atoms with Crippen molar-refractivity contribution in [1.82, 2.24) is 0 Å². The van der Waals surface area contributed by atoms with Gasteiger partial charge in [0.2, 0.25) is 0 Å². The summed E-state index contributed by atoms with van der Waals surface area (Å²) in [6.45, 7) is 4.10. The molecular weight excluding hydrogens is 265 g/mol. The maximum absolute atomic E-state index is 14.1. The van der Waals surface area contributed by atoms with E-state index in [9.17, 15) is 4.39 Å². The molecule has 112 valence electrons. The van der Waals surface area contributed by atoms with Gasteiger partial charge < -0.3 is 10.5 Å². The van der Waals surface area contributed by atoms with Crippen molar-refractivity contribution in [1.29, 1.82) is 0 Å². The van der Waals surface area contributed by atoms with Gasteiger partial charge >= 0.3 is 0 Å². The minimum absolute atomic E-state index is 0.0103. The van der Waals surface area contributed by atoms with Gasteiger partial charge in [0, 0.05) is 6.04 Å². The van der Waals surface area contributed by atoms with Crippen LogP contribution in [0.25, 0.3) is 0 Å². The van der Waals surface area contributed by atoms with Crippen molar-refractivity contribution < 1.29 is 9.13 Å². The molecule has 0 heterocycles. The van der Waals surface area contributed by atoms with Gasteiger partial charge in [-0.1, -0.05) is 38.1 Å². The average Bonchev–Trinajstić information content (AvgIpc) is 2.50. The summed E-state index contributed by atoms with van der Waals surface area (Å²) in [5, 5.41) is 0. The molecule has 0 aliphatic heterocycles. The topological polar surface area (TPSA) is 35.2 Å². The predicted molar refractivity (Wildman–Crippen MR) is 84.3 cm³/mol. The number of ether oxygens (including phenoxy) is 1. The monoisotopic (exact) mass is 287 g/mol. The first-order valence-electron chi connectivity index (χ1n) is 7.43. The molecule has 3 heteroatoms. The van der Waals surface area contributed by atoms with E-state index in [1.807, 2.05) is 37.3 Å². The molecule has 0 spiro atoms. The molecule has 1 unspecified atom stereocenters. The highest BCUT2D eigenvalue weighted by atomic mass is 19.1. The molecule has 2 aromatic carbocycles. The average molecular weight is 287 g/mol. The molecule has 0 bridgehead atoms. The van der Waals surface area contributed by atoms with Crippen LogP contribution >= 0.6 is 0 Å². The largest absolute Gasteiger partial charge is 0.454 e. The van der Waals surface area contributed by atoms with Crippen molar-refractivity contribution in [3.05, 3.63) is 59.4 Å². The van der Waals surface area contributed by atoms with Crippen molar-refractivity contribution in [3.8, 4) is 11.5 Å². The van der Waals surface area contributed by atoms with Crippen LogP contribution < -0.4 is 10.5 Å². The van der Waals surface area contributed by atoms with Crippen LogP contribution in [-0.4, -0.2) is 6.04 Å². The Morgan fingerprint density at radius 2 is 1.90 bits per heavy atom. The van der Waals surface area contributed by atoms with Gasteiger partial charge in [0.15, 0.2) is 11.6 Å². The summed E-state index contributed by atoms with van der Waals surface area (Å²) in [5.74, 6) is 0.595. The molecule has 0 saturated heterocycles. The van der Waals surface area contributed by atoms with Crippen LogP contribution in [0.15, 0.2) is 42.5 Å². The number of hydrogen-bond acceptors (Lipinski definition) is 2. The summed E-state index contributed by atoms with van der Waals surface area (Å²) in [6.07, 6.45) is 2.38. The second-order valence-corrected chi connectivity index (χ2v) is 5.20. The summed E-state index contributed by atoms with van der Waals surface area (Å²) < 4.78 is 19.9. The van der Waals surface area contributed by atoms with E-state index in [-0.39, 0.29) is 17.6 Å². The molecule has 2 N–H and O–H groups in total. The Morgan fingerprint density at radius 1 is 1.14 bits per heavy atom. The first-order chi connectivity index (χ1) is 10.1. The molecule has 21 heavy (non-hydrogen) atoms. The van der Waals surface area contributed by atoms with Crippen LogP contribution in [0, 0.1) is 5.82 Å². The van der Waals surface area contributed by atoms with Gasteiger partial charge in [0.25, 0.3) is 0 Å². The summed E-state index contributed by atoms with van der Waals surface area (Å²) in [6, 6.07) is 12.7. The molecule has 2 rings (SSSR count). The zero-order valence-electron chi connectivity index (χ0n) is 12.6. The van der Waals surface area contributed by atoms with Crippen LogP contribution in [0.3, 0.4) is 0 Å². The van der Waals surface area contributed by atoms with Crippen LogP contribution in [0.4, 0.5) is 4.39 Å². The van der Waals surface area contributed by atoms with E-state index in [2.05, 4.69) is 6.92 Å². The number of rotatable bonds is 6. The molecule has 0 aliphatic carbocycles. The fraction of sp³-hybridized carbons (Fsp3) is 0.333. The lowest BCUT2D eigenvalue weighted by Crippen LogP contribution is -2.21. The molecule has 1 atom stereocenters. The highest BCUT2D eigenvalue weighted by Crippen LogP contribution is 2.30. The maximum Gasteiger partial charge on any atom is 0.166 e. The molecule has 0 amide bonds. The van der Waals surface area contributed by atoms with Gasteiger partial charge in [0.1, 0.15) is 5.75 Å². The highest BCUT2D eigenvalue weighted by molar-refractivity contribution is 5.40. The lowest BCUT2D eigenvalue weighted by molar-refractivity contribution is 0.433. The molecule has 0 fully saturated rings. The Hall–Kier alpha value is -1.87. The Labute approximate surface area is 125 Å². The standard InChI is InChI=1S/C18H22FNO/c1-3-13-7-5-9-16(11-13)21-18-14(12-15(20)4-2)8-6-10-17(18)19/h5-11,15H,3-4,12,20H2,1-2H3. The van der Waals surface area contributed by atoms with Crippen molar-refractivity contribution in [2.45, 2.75) is 39.2 Å². The van der Waals surface area contributed by atoms with Gasteiger partial charge in [-0.25, -0.2) is 4.39 Å². The number of hydrogen-bond donors (Lipinski definition) is 1. The van der Waals surface area contributed by atoms with Crippen LogP contribution in [0.2, 0.25) is 0 Å². The number of para-hydroxylation sites is 1. The first kappa shape index (κ1) is 15.5. The fourth-order valence-corrected chi connectivity index (χ4v) is 2.20. The SMILES string of the molecule is CCc1cccc(Oc2c(F)cccc2CC(N)CC)c1. The number of aryl methyl sites for hydroxylation is 1. The van der Waals surface area contributed by atoms with E-state index in [1.54, 1.807) is 6.07 Å². The van der Waals surface area contributed by atoms with Gasteiger partial charge in [0.05, 0.1) is 0 Å². The quantitative estimate of drug-likeness (QED) is 0.851. The zero-order chi connectivity index (χ0) is 15.2. The van der Waals surface area contributed by atoms with E-state index < -0.39 is 0 Å². The Morgan fingerprint density at radius 3 is 2.62 bits per heavy atom. The summed E-state index contributed by atoms with van der Waals surface area (Å²) in [7, 11) is 0. The molecule has 0 radical (unpaired) electrons. The van der Waals surface area contributed by atoms with Crippen molar-refractivity contribution in [3.63, 3.8) is 0 Å².